The second-order valence-electron chi connectivity index (χ2n) is 6.35. The molecule has 0 nitrogen and oxygen atoms in total. The van der Waals surface area contributed by atoms with Crippen LogP contribution >= 0.6 is 9.95 Å². The van der Waals surface area contributed by atoms with Crippen LogP contribution in [0.1, 0.15) is 0 Å². The van der Waals surface area contributed by atoms with E-state index in [1.54, 1.807) is 0 Å². The van der Waals surface area contributed by atoms with E-state index in [2.05, 4.69) is 121 Å². The van der Waals surface area contributed by atoms with Crippen molar-refractivity contribution in [3.05, 3.63) is 121 Å². The molecule has 0 N–H and O–H groups in total. The van der Waals surface area contributed by atoms with Gasteiger partial charge in [0.2, 0.25) is 0 Å². The molecule has 2 heteroatoms. The summed E-state index contributed by atoms with van der Waals surface area (Å²) in [6.07, 6.45) is 0. The second-order valence-corrected chi connectivity index (χ2v) is 18.4. The molecule has 0 heterocycles. The maximum atomic E-state index is 8.08. The number of hydrogen-bond acceptors (Lipinski definition) is 0. The zero-order chi connectivity index (χ0) is 17.9. The number of halogens is 1. The molecular weight excluding hydrogens is 399 g/mol. The van der Waals surface area contributed by atoms with Crippen LogP contribution in [0.5, 0.6) is 0 Å². The second kappa shape index (κ2) is 6.80. The molecule has 0 unspecified atom stereocenters. The van der Waals surface area contributed by atoms with Gasteiger partial charge >= 0.3 is 160 Å². The van der Waals surface area contributed by atoms with Gasteiger partial charge in [0.25, 0.3) is 0 Å². The van der Waals surface area contributed by atoms with Gasteiger partial charge in [-0.15, -0.1) is 0 Å². The van der Waals surface area contributed by atoms with Crippen LogP contribution in [-0.4, -0.2) is 11.5 Å². The van der Waals surface area contributed by atoms with E-state index in [1.807, 2.05) is 0 Å². The average molecular weight is 419 g/mol. The van der Waals surface area contributed by atoms with Crippen molar-refractivity contribution in [2.45, 2.75) is 0 Å². The molecule has 26 heavy (non-hydrogen) atoms. The normalized spacial score (nSPS) is 12.9. The molecule has 4 rings (SSSR count). The Morgan fingerprint density at radius 2 is 0.538 bits per heavy atom. The predicted octanol–water partition coefficient (Wildman–Crippen LogP) is 3.75. The van der Waals surface area contributed by atoms with Crippen molar-refractivity contribution in [2.24, 2.45) is 0 Å². The first-order chi connectivity index (χ1) is 12.7. The van der Waals surface area contributed by atoms with Crippen LogP contribution in [0.3, 0.4) is 0 Å². The Labute approximate surface area is 159 Å². The fraction of sp³-hybridized carbons (Fsp3) is 0. The topological polar surface area (TPSA) is 0 Å². The van der Waals surface area contributed by atoms with Crippen LogP contribution in [0.15, 0.2) is 121 Å². The van der Waals surface area contributed by atoms with Crippen LogP contribution in [0, 0.1) is 0 Å². The molecule has 4 aromatic rings. The molecule has 0 saturated carbocycles. The monoisotopic (exact) mass is 418 g/mol. The third-order valence-corrected chi connectivity index (χ3v) is 19.7. The van der Waals surface area contributed by atoms with Crippen LogP contribution in [0.4, 0.5) is 0 Å². The molecule has 0 fully saturated rings. The van der Waals surface area contributed by atoms with Gasteiger partial charge in [-0.2, -0.15) is 0 Å². The van der Waals surface area contributed by atoms with E-state index in [1.165, 1.54) is 17.4 Å². The van der Waals surface area contributed by atoms with Gasteiger partial charge in [-0.1, -0.05) is 0 Å². The Morgan fingerprint density at radius 3 is 0.731 bits per heavy atom. The Bertz CT molecular complexity index is 814. The van der Waals surface area contributed by atoms with Gasteiger partial charge in [-0.3, -0.25) is 0 Å². The molecule has 128 valence electrons. The van der Waals surface area contributed by atoms with E-state index < -0.39 is 11.5 Å². The molecule has 0 aliphatic heterocycles. The Kier molecular flexibility index (Phi) is 4.49. The summed E-state index contributed by atoms with van der Waals surface area (Å²) >= 11 is -4.08. The van der Waals surface area contributed by atoms with Crippen molar-refractivity contribution in [3.8, 4) is 0 Å². The molecule has 0 saturated heterocycles. The van der Waals surface area contributed by atoms with E-state index in [4.69, 9.17) is 9.95 Å². The Hall–Kier alpha value is -2.27. The molecule has 0 radical (unpaired) electrons. The van der Waals surface area contributed by atoms with Crippen LogP contribution in [0.25, 0.3) is 0 Å². The summed E-state index contributed by atoms with van der Waals surface area (Å²) < 4.78 is 4.82. The van der Waals surface area contributed by atoms with Gasteiger partial charge in [-0.05, 0) is 0 Å². The summed E-state index contributed by atoms with van der Waals surface area (Å²) in [5, 5.41) is 0. The molecule has 0 aliphatic carbocycles. The van der Waals surface area contributed by atoms with Crippen molar-refractivity contribution in [1.29, 1.82) is 0 Å². The molecule has 0 atom stereocenters. The van der Waals surface area contributed by atoms with Gasteiger partial charge in [0.05, 0.1) is 0 Å². The number of benzene rings is 4. The fourth-order valence-electron chi connectivity index (χ4n) is 3.73. The minimum atomic E-state index is -4.08. The molecule has 0 bridgehead atoms. The first kappa shape index (κ1) is 17.2. The van der Waals surface area contributed by atoms with E-state index in [0.717, 1.165) is 0 Å². The van der Waals surface area contributed by atoms with Crippen LogP contribution in [0.2, 0.25) is 0 Å². The van der Waals surface area contributed by atoms with Gasteiger partial charge in [0.1, 0.15) is 0 Å². The van der Waals surface area contributed by atoms with Crippen LogP contribution < -0.4 is 17.4 Å². The van der Waals surface area contributed by atoms with Crippen molar-refractivity contribution >= 4 is 38.9 Å². The van der Waals surface area contributed by atoms with Crippen molar-refractivity contribution in [3.63, 3.8) is 0 Å². The van der Waals surface area contributed by atoms with Crippen molar-refractivity contribution < 1.29 is 0 Å². The summed E-state index contributed by atoms with van der Waals surface area (Å²) in [5.41, 5.74) is 0. The molecule has 0 spiro atoms. The minimum absolute atomic E-state index is 1.20. The Morgan fingerprint density at radius 1 is 0.346 bits per heavy atom. The zero-order valence-electron chi connectivity index (χ0n) is 14.4. The molecule has 0 aliphatic rings. The predicted molar refractivity (Wildman–Crippen MR) is 116 cm³/mol. The quantitative estimate of drug-likeness (QED) is 0.443. The third kappa shape index (κ3) is 2.45. The van der Waals surface area contributed by atoms with Gasteiger partial charge in [0.15, 0.2) is 0 Å². The summed E-state index contributed by atoms with van der Waals surface area (Å²) in [4.78, 5) is 0. The van der Waals surface area contributed by atoms with E-state index >= 15 is 0 Å². The fourth-order valence-corrected chi connectivity index (χ4v) is 16.0. The molecule has 0 amide bonds. The van der Waals surface area contributed by atoms with Gasteiger partial charge in [-0.25, -0.2) is 0 Å². The zero-order valence-corrected chi connectivity index (χ0v) is 17.0. The summed E-state index contributed by atoms with van der Waals surface area (Å²) in [6.45, 7) is 0. The SMILES string of the molecule is Cl[As](c1ccccc1)(c1ccccc1)(c1ccccc1)c1ccccc1. The summed E-state index contributed by atoms with van der Waals surface area (Å²) in [6, 6.07) is 42.4. The third-order valence-electron chi connectivity index (χ3n) is 4.96. The first-order valence-electron chi connectivity index (χ1n) is 8.71. The average Bonchev–Trinajstić information content (AvgIpc) is 2.76. The van der Waals surface area contributed by atoms with Gasteiger partial charge < -0.3 is 0 Å². The van der Waals surface area contributed by atoms with Crippen molar-refractivity contribution in [1.82, 2.24) is 0 Å². The molecule has 0 aromatic heterocycles. The van der Waals surface area contributed by atoms with E-state index in [9.17, 15) is 0 Å². The van der Waals surface area contributed by atoms with Gasteiger partial charge in [0, 0.05) is 0 Å². The van der Waals surface area contributed by atoms with Crippen molar-refractivity contribution in [2.75, 3.05) is 0 Å². The van der Waals surface area contributed by atoms with Crippen LogP contribution in [-0.2, 0) is 0 Å². The van der Waals surface area contributed by atoms with E-state index in [-0.39, 0.29) is 0 Å². The Balaban J connectivity index is 2.23. The van der Waals surface area contributed by atoms with E-state index in [0.29, 0.717) is 0 Å². The molecular formula is C24H20AsCl. The summed E-state index contributed by atoms with van der Waals surface area (Å²) in [5.74, 6) is 0. The summed E-state index contributed by atoms with van der Waals surface area (Å²) in [7, 11) is 8.08. The molecule has 4 aromatic carbocycles. The maximum absolute atomic E-state index is 8.08. The number of hydrogen-bond donors (Lipinski definition) is 0. The first-order valence-corrected chi connectivity index (χ1v) is 14.9. The standard InChI is InChI=1S/C24H20AsCl/c26-25(21-13-5-1-6-14-21,22-15-7-2-8-16-22,23-17-9-3-10-18-23)24-19-11-4-12-20-24/h1-20H. The number of rotatable bonds is 4.